The Hall–Kier alpha value is -2.19. The molecule has 3 rings (SSSR count). The summed E-state index contributed by atoms with van der Waals surface area (Å²) in [5.41, 5.74) is 3.29. The van der Waals surface area contributed by atoms with E-state index in [4.69, 9.17) is 16.3 Å². The average molecular weight is 298 g/mol. The Kier molecular flexibility index (Phi) is 3.72. The predicted octanol–water partition coefficient (Wildman–Crippen LogP) is 5.01. The van der Waals surface area contributed by atoms with Crippen molar-refractivity contribution in [3.8, 4) is 5.75 Å². The third kappa shape index (κ3) is 2.67. The van der Waals surface area contributed by atoms with Crippen molar-refractivity contribution in [1.29, 1.82) is 0 Å². The summed E-state index contributed by atoms with van der Waals surface area (Å²) in [6.45, 7) is 0. The second kappa shape index (κ2) is 5.66. The van der Waals surface area contributed by atoms with Gasteiger partial charge in [0.25, 0.3) is 0 Å². The molecule has 0 aliphatic carbocycles. The number of rotatable bonds is 3. The molecule has 21 heavy (non-hydrogen) atoms. The molecule has 0 amide bonds. The highest BCUT2D eigenvalue weighted by atomic mass is 35.5. The van der Waals surface area contributed by atoms with Crippen molar-refractivity contribution in [3.05, 3.63) is 64.8 Å². The number of aryl methyl sites for hydroxylation is 1. The van der Waals surface area contributed by atoms with Gasteiger partial charge in [0.15, 0.2) is 0 Å². The summed E-state index contributed by atoms with van der Waals surface area (Å²) in [4.78, 5) is 0. The van der Waals surface area contributed by atoms with Gasteiger partial charge in [-0.2, -0.15) is 0 Å². The Morgan fingerprint density at radius 3 is 2.62 bits per heavy atom. The Morgan fingerprint density at radius 1 is 1.05 bits per heavy atom. The van der Waals surface area contributed by atoms with E-state index in [2.05, 4.69) is 22.8 Å². The first-order valence-corrected chi connectivity index (χ1v) is 7.13. The molecule has 0 bridgehead atoms. The summed E-state index contributed by atoms with van der Waals surface area (Å²) >= 11 is 6.17. The molecule has 0 radical (unpaired) electrons. The van der Waals surface area contributed by atoms with E-state index >= 15 is 0 Å². The van der Waals surface area contributed by atoms with Crippen LogP contribution >= 0.6 is 11.6 Å². The van der Waals surface area contributed by atoms with Crippen LogP contribution < -0.4 is 4.74 Å². The van der Waals surface area contributed by atoms with Gasteiger partial charge in [-0.25, -0.2) is 0 Å². The number of hydrogen-bond donors (Lipinski definition) is 0. The molecule has 0 spiro atoms. The zero-order valence-corrected chi connectivity index (χ0v) is 12.8. The topological polar surface area (TPSA) is 14.2 Å². The van der Waals surface area contributed by atoms with Crippen LogP contribution in [-0.4, -0.2) is 11.7 Å². The molecule has 0 saturated carbocycles. The van der Waals surface area contributed by atoms with Crippen molar-refractivity contribution in [2.24, 2.45) is 7.05 Å². The zero-order chi connectivity index (χ0) is 14.8. The SMILES string of the molecule is COc1ccc2cc(C=Cc3ccccc3Cl)n(C)c2c1. The summed E-state index contributed by atoms with van der Waals surface area (Å²) in [6, 6.07) is 16.1. The summed E-state index contributed by atoms with van der Waals surface area (Å²) in [5, 5.41) is 1.95. The first-order valence-electron chi connectivity index (χ1n) is 6.75. The highest BCUT2D eigenvalue weighted by molar-refractivity contribution is 6.32. The molecule has 3 heteroatoms. The molecule has 2 nitrogen and oxygen atoms in total. The fraction of sp³-hybridized carbons (Fsp3) is 0.111. The maximum atomic E-state index is 6.17. The Balaban J connectivity index is 2.01. The van der Waals surface area contributed by atoms with Crippen LogP contribution in [0, 0.1) is 0 Å². The minimum atomic E-state index is 0.759. The number of aromatic nitrogens is 1. The van der Waals surface area contributed by atoms with E-state index in [1.807, 2.05) is 49.5 Å². The van der Waals surface area contributed by atoms with Crippen LogP contribution in [-0.2, 0) is 7.05 Å². The smallest absolute Gasteiger partial charge is 0.120 e. The lowest BCUT2D eigenvalue weighted by Gasteiger charge is -2.02. The van der Waals surface area contributed by atoms with Gasteiger partial charge >= 0.3 is 0 Å². The highest BCUT2D eigenvalue weighted by Crippen LogP contribution is 2.25. The highest BCUT2D eigenvalue weighted by Gasteiger charge is 2.05. The predicted molar refractivity (Wildman–Crippen MR) is 89.9 cm³/mol. The zero-order valence-electron chi connectivity index (χ0n) is 12.0. The molecule has 3 aromatic rings. The second-order valence-corrected chi connectivity index (χ2v) is 5.32. The Morgan fingerprint density at radius 2 is 1.86 bits per heavy atom. The molecule has 1 aromatic heterocycles. The van der Waals surface area contributed by atoms with Crippen molar-refractivity contribution < 1.29 is 4.74 Å². The molecule has 0 aliphatic rings. The molecular weight excluding hydrogens is 282 g/mol. The van der Waals surface area contributed by atoms with Crippen LogP contribution in [0.4, 0.5) is 0 Å². The van der Waals surface area contributed by atoms with Gasteiger partial charge in [0.05, 0.1) is 12.6 Å². The molecule has 0 atom stereocenters. The number of ether oxygens (including phenoxy) is 1. The maximum Gasteiger partial charge on any atom is 0.120 e. The molecule has 0 N–H and O–H groups in total. The number of benzene rings is 2. The molecule has 1 heterocycles. The van der Waals surface area contributed by atoms with Gasteiger partial charge in [-0.3, -0.25) is 0 Å². The third-order valence-electron chi connectivity index (χ3n) is 3.63. The van der Waals surface area contributed by atoms with Crippen LogP contribution in [0.15, 0.2) is 48.5 Å². The first kappa shape index (κ1) is 13.8. The second-order valence-electron chi connectivity index (χ2n) is 4.91. The van der Waals surface area contributed by atoms with Gasteiger partial charge < -0.3 is 9.30 Å². The first-order chi connectivity index (χ1) is 10.2. The van der Waals surface area contributed by atoms with Crippen LogP contribution in [0.1, 0.15) is 11.3 Å². The van der Waals surface area contributed by atoms with Crippen molar-refractivity contribution in [3.63, 3.8) is 0 Å². The number of halogens is 1. The van der Waals surface area contributed by atoms with Crippen LogP contribution in [0.3, 0.4) is 0 Å². The molecule has 0 fully saturated rings. The van der Waals surface area contributed by atoms with Gasteiger partial charge in [-0.1, -0.05) is 35.9 Å². The van der Waals surface area contributed by atoms with E-state index < -0.39 is 0 Å². The minimum Gasteiger partial charge on any atom is -0.497 e. The molecule has 0 aliphatic heterocycles. The average Bonchev–Trinajstić information content (AvgIpc) is 2.82. The summed E-state index contributed by atoms with van der Waals surface area (Å²) in [6.07, 6.45) is 4.11. The van der Waals surface area contributed by atoms with Crippen LogP contribution in [0.25, 0.3) is 23.1 Å². The Bertz CT molecular complexity index is 817. The van der Waals surface area contributed by atoms with E-state index in [0.717, 1.165) is 27.5 Å². The van der Waals surface area contributed by atoms with Crippen molar-refractivity contribution in [1.82, 2.24) is 4.57 Å². The Labute approximate surface area is 129 Å². The number of methoxy groups -OCH3 is 1. The standard InChI is InChI=1S/C18H16ClNO/c1-20-15(9-7-13-5-3-4-6-17(13)19)11-14-8-10-16(21-2)12-18(14)20/h3-12H,1-2H3. The van der Waals surface area contributed by atoms with Crippen LogP contribution in [0.2, 0.25) is 5.02 Å². The maximum absolute atomic E-state index is 6.17. The van der Waals surface area contributed by atoms with Gasteiger partial charge in [0.2, 0.25) is 0 Å². The number of nitrogens with zero attached hydrogens (tertiary/aromatic N) is 1. The minimum absolute atomic E-state index is 0.759. The lowest BCUT2D eigenvalue weighted by Crippen LogP contribution is -1.90. The van der Waals surface area contributed by atoms with Gasteiger partial charge in [0.1, 0.15) is 5.75 Å². The van der Waals surface area contributed by atoms with E-state index in [0.29, 0.717) is 0 Å². The van der Waals surface area contributed by atoms with Gasteiger partial charge in [-0.15, -0.1) is 0 Å². The molecule has 0 unspecified atom stereocenters. The normalized spacial score (nSPS) is 11.4. The van der Waals surface area contributed by atoms with Gasteiger partial charge in [0, 0.05) is 29.2 Å². The molecule has 0 saturated heterocycles. The van der Waals surface area contributed by atoms with E-state index in [1.54, 1.807) is 7.11 Å². The molecule has 106 valence electrons. The van der Waals surface area contributed by atoms with E-state index in [-0.39, 0.29) is 0 Å². The van der Waals surface area contributed by atoms with Crippen molar-refractivity contribution in [2.45, 2.75) is 0 Å². The fourth-order valence-electron chi connectivity index (χ4n) is 2.40. The number of hydrogen-bond acceptors (Lipinski definition) is 1. The van der Waals surface area contributed by atoms with Crippen molar-refractivity contribution >= 4 is 34.7 Å². The monoisotopic (exact) mass is 297 g/mol. The third-order valence-corrected chi connectivity index (χ3v) is 3.97. The summed E-state index contributed by atoms with van der Waals surface area (Å²) in [7, 11) is 3.73. The lowest BCUT2D eigenvalue weighted by molar-refractivity contribution is 0.415. The van der Waals surface area contributed by atoms with Crippen LogP contribution in [0.5, 0.6) is 5.75 Å². The fourth-order valence-corrected chi connectivity index (χ4v) is 2.60. The summed E-state index contributed by atoms with van der Waals surface area (Å²) < 4.78 is 7.43. The lowest BCUT2D eigenvalue weighted by atomic mass is 10.2. The van der Waals surface area contributed by atoms with E-state index in [1.165, 1.54) is 5.39 Å². The van der Waals surface area contributed by atoms with Gasteiger partial charge in [-0.05, 0) is 35.9 Å². The summed E-state index contributed by atoms with van der Waals surface area (Å²) in [5.74, 6) is 0.866. The van der Waals surface area contributed by atoms with Crippen molar-refractivity contribution in [2.75, 3.05) is 7.11 Å². The molecular formula is C18H16ClNO. The van der Waals surface area contributed by atoms with E-state index in [9.17, 15) is 0 Å². The quantitative estimate of drug-likeness (QED) is 0.663. The largest absolute Gasteiger partial charge is 0.497 e. The number of fused-ring (bicyclic) bond motifs is 1. The molecule has 2 aromatic carbocycles.